The van der Waals surface area contributed by atoms with Crippen molar-refractivity contribution in [3.8, 4) is 0 Å². The molecule has 1 N–H and O–H groups in total. The fraction of sp³-hybridized carbons (Fsp3) is 0.172. The first-order valence-corrected chi connectivity index (χ1v) is 16.8. The third kappa shape index (κ3) is 8.24. The molecule has 0 saturated carbocycles. The van der Waals surface area contributed by atoms with E-state index < -0.39 is 30.5 Å². The van der Waals surface area contributed by atoms with Crippen molar-refractivity contribution in [1.82, 2.24) is 0 Å². The number of para-hydroxylation sites is 1. The Morgan fingerprint density at radius 2 is 1.50 bits per heavy atom. The highest BCUT2D eigenvalue weighted by atomic mass is 32.2. The number of nitrogens with one attached hydrogen (secondary N) is 1. The largest absolute Gasteiger partial charge is 0.287 e. The van der Waals surface area contributed by atoms with Crippen molar-refractivity contribution in [2.75, 3.05) is 4.72 Å². The highest BCUT2D eigenvalue weighted by molar-refractivity contribution is 8.14. The van der Waals surface area contributed by atoms with Crippen molar-refractivity contribution >= 4 is 48.1 Å². The number of aryl methyl sites for hydroxylation is 1. The Hall–Kier alpha value is -4.07. The summed E-state index contributed by atoms with van der Waals surface area (Å²) in [4.78, 5) is 23.4. The lowest BCUT2D eigenvalue weighted by Gasteiger charge is -2.11. The van der Waals surface area contributed by atoms with Crippen molar-refractivity contribution in [1.29, 1.82) is 0 Å². The van der Waals surface area contributed by atoms with Gasteiger partial charge in [-0.25, -0.2) is 21.4 Å². The average molecular weight is 627 g/mol. The number of aromatic nitrogens is 1. The number of sulfonamides is 1. The summed E-state index contributed by atoms with van der Waals surface area (Å²) in [6.45, 7) is 0.780. The molecule has 0 spiro atoms. The van der Waals surface area contributed by atoms with Crippen molar-refractivity contribution in [3.05, 3.63) is 119 Å². The number of hydrogen-bond donors (Lipinski definition) is 1. The molecule has 0 bridgehead atoms. The number of carbonyl (C=O) groups is 1. The zero-order chi connectivity index (χ0) is 30.2. The Morgan fingerprint density at radius 3 is 2.21 bits per heavy atom. The van der Waals surface area contributed by atoms with Gasteiger partial charge in [0.15, 0.2) is 17.5 Å². The zero-order valence-corrected chi connectivity index (χ0v) is 24.8. The van der Waals surface area contributed by atoms with Crippen LogP contribution in [0.25, 0.3) is 0 Å². The first kappa shape index (κ1) is 30.9. The number of pyridine rings is 1. The average Bonchev–Trinajstić information content (AvgIpc) is 2.96. The van der Waals surface area contributed by atoms with Crippen LogP contribution in [0.4, 0.5) is 11.4 Å². The summed E-state index contributed by atoms with van der Waals surface area (Å²) < 4.78 is 56.6. The van der Waals surface area contributed by atoms with Gasteiger partial charge in [0.25, 0.3) is 5.69 Å². The van der Waals surface area contributed by atoms with Gasteiger partial charge in [-0.1, -0.05) is 48.2 Å². The van der Waals surface area contributed by atoms with Crippen molar-refractivity contribution in [2.45, 2.75) is 46.2 Å². The molecule has 4 rings (SSSR count). The molecule has 0 aliphatic heterocycles. The number of rotatable bonds is 13. The number of unbranched alkanes of at least 4 members (excludes halogenated alkanes) is 1. The molecule has 0 radical (unpaired) electrons. The molecule has 10 nitrogen and oxygen atoms in total. The van der Waals surface area contributed by atoms with Gasteiger partial charge in [-0.2, -0.15) is 0 Å². The SMILES string of the molecule is O=C(CCCC[n+]1ccccc1)Sc1ccccc1S(=O)(=O)c1ccc(NS(=O)(=O)Cc2ccccc2[N+](=O)[O-])cc1. The molecule has 0 aliphatic rings. The van der Waals surface area contributed by atoms with Crippen LogP contribution in [-0.2, 0) is 37.0 Å². The summed E-state index contributed by atoms with van der Waals surface area (Å²) in [5.41, 5.74) is -0.197. The number of benzene rings is 3. The van der Waals surface area contributed by atoms with Crippen LogP contribution in [0.1, 0.15) is 24.8 Å². The minimum atomic E-state index is -4.04. The maximum Gasteiger partial charge on any atom is 0.273 e. The van der Waals surface area contributed by atoms with E-state index in [-0.39, 0.29) is 31.8 Å². The molecule has 3 aromatic carbocycles. The minimum absolute atomic E-state index is 0.0205. The molecular weight excluding hydrogens is 599 g/mol. The predicted octanol–water partition coefficient (Wildman–Crippen LogP) is 5.15. The molecule has 0 aliphatic carbocycles. The van der Waals surface area contributed by atoms with Gasteiger partial charge < -0.3 is 0 Å². The Morgan fingerprint density at radius 1 is 0.833 bits per heavy atom. The molecule has 1 aromatic heterocycles. The molecule has 0 unspecified atom stereocenters. The fourth-order valence-electron chi connectivity index (χ4n) is 4.14. The van der Waals surface area contributed by atoms with E-state index >= 15 is 0 Å². The number of hydrogen-bond acceptors (Lipinski definition) is 8. The molecular formula is C29H28N3O7S3+. The number of nitro benzene ring substituents is 1. The smallest absolute Gasteiger partial charge is 0.273 e. The lowest BCUT2D eigenvalue weighted by atomic mass is 10.2. The highest BCUT2D eigenvalue weighted by Crippen LogP contribution is 2.32. The summed E-state index contributed by atoms with van der Waals surface area (Å²) >= 11 is 0.889. The van der Waals surface area contributed by atoms with Crippen LogP contribution < -0.4 is 9.29 Å². The third-order valence-corrected chi connectivity index (χ3v) is 10.4. The van der Waals surface area contributed by atoms with Crippen LogP contribution in [0.5, 0.6) is 0 Å². The number of nitrogens with zero attached hydrogens (tertiary/aromatic N) is 2. The Labute approximate surface area is 248 Å². The van der Waals surface area contributed by atoms with Crippen molar-refractivity contribution in [2.24, 2.45) is 0 Å². The Balaban J connectivity index is 1.41. The van der Waals surface area contributed by atoms with Crippen molar-refractivity contribution < 1.29 is 31.1 Å². The number of thioether (sulfide) groups is 1. The van der Waals surface area contributed by atoms with Gasteiger partial charge in [-0.05, 0) is 42.8 Å². The van der Waals surface area contributed by atoms with Crippen LogP contribution in [0.3, 0.4) is 0 Å². The number of anilines is 1. The van der Waals surface area contributed by atoms with Crippen LogP contribution in [0.15, 0.2) is 118 Å². The van der Waals surface area contributed by atoms with Crippen LogP contribution in [0, 0.1) is 10.1 Å². The van der Waals surface area contributed by atoms with Crippen LogP contribution >= 0.6 is 11.8 Å². The van der Waals surface area contributed by atoms with E-state index in [1.807, 2.05) is 35.2 Å². The number of sulfone groups is 1. The molecule has 0 amide bonds. The molecule has 0 fully saturated rings. The van der Waals surface area contributed by atoms with Crippen molar-refractivity contribution in [3.63, 3.8) is 0 Å². The van der Waals surface area contributed by atoms with E-state index in [9.17, 15) is 31.7 Å². The summed E-state index contributed by atoms with van der Waals surface area (Å²) in [5, 5.41) is 11.1. The molecule has 13 heteroatoms. The van der Waals surface area contributed by atoms with Gasteiger partial charge in [0.2, 0.25) is 19.9 Å². The molecule has 42 heavy (non-hydrogen) atoms. The maximum absolute atomic E-state index is 13.5. The van der Waals surface area contributed by atoms with E-state index in [1.54, 1.807) is 18.2 Å². The number of carbonyl (C=O) groups excluding carboxylic acids is 1. The van der Waals surface area contributed by atoms with Gasteiger partial charge in [0.1, 0.15) is 12.3 Å². The quantitative estimate of drug-likeness (QED) is 0.0706. The minimum Gasteiger partial charge on any atom is -0.287 e. The summed E-state index contributed by atoms with van der Waals surface area (Å²) in [5.74, 6) is -0.631. The molecule has 1 heterocycles. The van der Waals surface area contributed by atoms with E-state index in [1.165, 1.54) is 54.6 Å². The highest BCUT2D eigenvalue weighted by Gasteiger charge is 2.24. The van der Waals surface area contributed by atoms with Gasteiger partial charge in [0.05, 0.1) is 14.7 Å². The molecule has 218 valence electrons. The molecule has 0 saturated heterocycles. The Kier molecular flexibility index (Phi) is 10.1. The van der Waals surface area contributed by atoms with E-state index in [2.05, 4.69) is 4.72 Å². The van der Waals surface area contributed by atoms with Gasteiger partial charge in [-0.15, -0.1) is 0 Å². The first-order valence-electron chi connectivity index (χ1n) is 12.9. The number of nitro groups is 1. The van der Waals surface area contributed by atoms with Crippen LogP contribution in [0.2, 0.25) is 0 Å². The fourth-order valence-corrected chi connectivity index (χ4v) is 7.96. The summed E-state index contributed by atoms with van der Waals surface area (Å²) in [7, 11) is -8.07. The van der Waals surface area contributed by atoms with E-state index in [0.29, 0.717) is 17.7 Å². The predicted molar refractivity (Wildman–Crippen MR) is 159 cm³/mol. The van der Waals surface area contributed by atoms with Gasteiger partial charge in [-0.3, -0.25) is 19.6 Å². The summed E-state index contributed by atoms with van der Waals surface area (Å²) in [6, 6.07) is 22.7. The Bertz CT molecular complexity index is 1780. The first-order chi connectivity index (χ1) is 20.0. The topological polar surface area (TPSA) is 144 Å². The van der Waals surface area contributed by atoms with E-state index in [4.69, 9.17) is 0 Å². The second-order valence-electron chi connectivity index (χ2n) is 9.27. The second kappa shape index (κ2) is 13.7. The monoisotopic (exact) mass is 626 g/mol. The third-order valence-electron chi connectivity index (χ3n) is 6.16. The normalized spacial score (nSPS) is 11.6. The van der Waals surface area contributed by atoms with Crippen LogP contribution in [-0.4, -0.2) is 26.9 Å². The molecule has 0 atom stereocenters. The standard InChI is InChI=1S/C29H28N3O7S3/c33-29(14-6-9-21-31-19-7-1-8-20-31)40-27-12-4-5-13-28(27)42(38,39)25-17-15-24(16-18-25)30-41(36,37)22-23-10-2-3-11-26(23)32(34)35/h1-5,7-8,10-13,15-20,30H,6,9,14,21-22H2/q+1. The molecule has 4 aromatic rings. The second-order valence-corrected chi connectivity index (χ2v) is 14.0. The lowest BCUT2D eigenvalue weighted by Crippen LogP contribution is -2.32. The maximum atomic E-state index is 13.5. The lowest BCUT2D eigenvalue weighted by molar-refractivity contribution is -0.697. The van der Waals surface area contributed by atoms with E-state index in [0.717, 1.165) is 24.7 Å². The summed E-state index contributed by atoms with van der Waals surface area (Å²) in [6.07, 6.45) is 5.68. The van der Waals surface area contributed by atoms with Gasteiger partial charge in [0, 0.05) is 47.2 Å². The zero-order valence-electron chi connectivity index (χ0n) is 22.3. The van der Waals surface area contributed by atoms with Gasteiger partial charge >= 0.3 is 0 Å².